The summed E-state index contributed by atoms with van der Waals surface area (Å²) in [5, 5.41) is 0.652. The molecule has 2 aromatic carbocycles. The maximum Gasteiger partial charge on any atom is 0.309 e. The third-order valence-electron chi connectivity index (χ3n) is 4.84. The van der Waals surface area contributed by atoms with E-state index < -0.39 is 0 Å². The van der Waals surface area contributed by atoms with Gasteiger partial charge < -0.3 is 14.4 Å². The van der Waals surface area contributed by atoms with Crippen LogP contribution in [-0.2, 0) is 16.1 Å². The predicted octanol–water partition coefficient (Wildman–Crippen LogP) is 4.33. The minimum atomic E-state index is -0.162. The summed E-state index contributed by atoms with van der Waals surface area (Å²) >= 11 is 6.15. The van der Waals surface area contributed by atoms with Crippen LogP contribution in [0.5, 0.6) is 5.75 Å². The van der Waals surface area contributed by atoms with Crippen molar-refractivity contribution >= 4 is 23.5 Å². The van der Waals surface area contributed by atoms with Crippen LogP contribution in [0.3, 0.4) is 0 Å². The van der Waals surface area contributed by atoms with Crippen molar-refractivity contribution in [3.05, 3.63) is 64.7 Å². The minimum Gasteiger partial charge on any atom is -0.489 e. The fourth-order valence-electron chi connectivity index (χ4n) is 3.26. The van der Waals surface area contributed by atoms with E-state index in [-0.39, 0.29) is 17.8 Å². The first-order valence-corrected chi connectivity index (χ1v) is 9.88. The lowest BCUT2D eigenvalue weighted by Gasteiger charge is -2.31. The number of benzene rings is 2. The van der Waals surface area contributed by atoms with Crippen molar-refractivity contribution in [2.45, 2.75) is 26.4 Å². The fraction of sp³-hybridized carbons (Fsp3) is 0.364. The van der Waals surface area contributed by atoms with Crippen LogP contribution in [-0.4, -0.2) is 36.5 Å². The van der Waals surface area contributed by atoms with E-state index in [9.17, 15) is 9.59 Å². The molecule has 0 aromatic heterocycles. The molecule has 0 radical (unpaired) electrons. The van der Waals surface area contributed by atoms with Crippen molar-refractivity contribution in [3.8, 4) is 5.75 Å². The van der Waals surface area contributed by atoms with Crippen LogP contribution in [0.2, 0.25) is 5.02 Å². The average molecular weight is 402 g/mol. The summed E-state index contributed by atoms with van der Waals surface area (Å²) in [6.07, 6.45) is 1.26. The van der Waals surface area contributed by atoms with Crippen molar-refractivity contribution in [1.82, 2.24) is 4.90 Å². The summed E-state index contributed by atoms with van der Waals surface area (Å²) in [7, 11) is 0. The van der Waals surface area contributed by atoms with Gasteiger partial charge in [0.25, 0.3) is 5.91 Å². The zero-order valence-electron chi connectivity index (χ0n) is 15.9. The van der Waals surface area contributed by atoms with Crippen LogP contribution in [0.1, 0.15) is 35.7 Å². The number of ether oxygens (including phenoxy) is 2. The van der Waals surface area contributed by atoms with Gasteiger partial charge in [-0.3, -0.25) is 9.59 Å². The lowest BCUT2D eigenvalue weighted by Crippen LogP contribution is -2.40. The van der Waals surface area contributed by atoms with Crippen molar-refractivity contribution in [3.63, 3.8) is 0 Å². The summed E-state index contributed by atoms with van der Waals surface area (Å²) in [6.45, 7) is 3.62. The summed E-state index contributed by atoms with van der Waals surface area (Å²) in [6, 6.07) is 14.7. The highest BCUT2D eigenvalue weighted by atomic mass is 35.5. The first-order valence-electron chi connectivity index (χ1n) is 9.50. The predicted molar refractivity (Wildman–Crippen MR) is 107 cm³/mol. The summed E-state index contributed by atoms with van der Waals surface area (Å²) in [5.41, 5.74) is 1.47. The Morgan fingerprint density at radius 2 is 1.86 bits per heavy atom. The lowest BCUT2D eigenvalue weighted by molar-refractivity contribution is -0.149. The van der Waals surface area contributed by atoms with Gasteiger partial charge in [0.2, 0.25) is 0 Å². The number of rotatable bonds is 6. The van der Waals surface area contributed by atoms with Gasteiger partial charge in [-0.25, -0.2) is 0 Å². The van der Waals surface area contributed by atoms with E-state index in [0.717, 1.165) is 5.56 Å². The molecule has 0 aliphatic carbocycles. The number of esters is 1. The quantitative estimate of drug-likeness (QED) is 0.676. The average Bonchev–Trinajstić information content (AvgIpc) is 2.73. The number of carbonyl (C=O) groups is 2. The molecule has 1 aliphatic heterocycles. The number of hydrogen-bond acceptors (Lipinski definition) is 4. The largest absolute Gasteiger partial charge is 0.489 e. The summed E-state index contributed by atoms with van der Waals surface area (Å²) in [5.74, 6) is 0.288. The monoisotopic (exact) mass is 401 g/mol. The number of piperidine rings is 1. The Kier molecular flexibility index (Phi) is 6.93. The minimum absolute atomic E-state index is 0.0505. The molecular formula is C22H24ClNO4. The van der Waals surface area contributed by atoms with E-state index in [1.807, 2.05) is 30.3 Å². The molecule has 0 bridgehead atoms. The number of hydrogen-bond donors (Lipinski definition) is 0. The highest BCUT2D eigenvalue weighted by Crippen LogP contribution is 2.23. The van der Waals surface area contributed by atoms with Gasteiger partial charge in [-0.2, -0.15) is 0 Å². The van der Waals surface area contributed by atoms with Gasteiger partial charge in [0.05, 0.1) is 12.5 Å². The number of carbonyl (C=O) groups excluding carboxylic acids is 2. The Balaban J connectivity index is 1.58. The van der Waals surface area contributed by atoms with Gasteiger partial charge in [-0.1, -0.05) is 35.9 Å². The molecule has 1 aliphatic rings. The Morgan fingerprint density at radius 1 is 1.11 bits per heavy atom. The number of amides is 1. The normalized spacial score (nSPS) is 14.6. The third kappa shape index (κ3) is 5.04. The van der Waals surface area contributed by atoms with Crippen molar-refractivity contribution in [2.75, 3.05) is 19.7 Å². The second-order valence-electron chi connectivity index (χ2n) is 6.73. The number of halogens is 1. The molecule has 0 spiro atoms. The second kappa shape index (κ2) is 9.60. The Hall–Kier alpha value is -2.53. The first-order chi connectivity index (χ1) is 13.6. The van der Waals surface area contributed by atoms with E-state index in [4.69, 9.17) is 21.1 Å². The van der Waals surface area contributed by atoms with E-state index in [0.29, 0.717) is 55.5 Å². The third-order valence-corrected chi connectivity index (χ3v) is 5.20. The molecule has 0 N–H and O–H groups in total. The molecule has 0 atom stereocenters. The zero-order valence-corrected chi connectivity index (χ0v) is 16.7. The van der Waals surface area contributed by atoms with Crippen LogP contribution in [0.4, 0.5) is 0 Å². The SMILES string of the molecule is CCOC(=O)C1CCN(C(=O)c2cccc(OCc3ccccc3Cl)c2)CC1. The van der Waals surface area contributed by atoms with Crippen LogP contribution in [0.15, 0.2) is 48.5 Å². The lowest BCUT2D eigenvalue weighted by atomic mass is 9.96. The molecule has 0 unspecified atom stereocenters. The van der Waals surface area contributed by atoms with E-state index >= 15 is 0 Å². The van der Waals surface area contributed by atoms with Gasteiger partial charge in [0.1, 0.15) is 12.4 Å². The van der Waals surface area contributed by atoms with E-state index in [1.165, 1.54) is 0 Å². The van der Waals surface area contributed by atoms with Gasteiger partial charge in [-0.05, 0) is 44.0 Å². The maximum atomic E-state index is 12.8. The van der Waals surface area contributed by atoms with E-state index in [1.54, 1.807) is 30.0 Å². The van der Waals surface area contributed by atoms with Gasteiger partial charge >= 0.3 is 5.97 Å². The van der Waals surface area contributed by atoms with Gasteiger partial charge in [-0.15, -0.1) is 0 Å². The van der Waals surface area contributed by atoms with E-state index in [2.05, 4.69) is 0 Å². The standard InChI is InChI=1S/C22H24ClNO4/c1-2-27-22(26)16-10-12-24(13-11-16)21(25)17-7-5-8-19(14-17)28-15-18-6-3-4-9-20(18)23/h3-9,14,16H,2,10-13,15H2,1H3. The number of likely N-dealkylation sites (tertiary alicyclic amines) is 1. The smallest absolute Gasteiger partial charge is 0.309 e. The van der Waals surface area contributed by atoms with Gasteiger partial charge in [0.15, 0.2) is 0 Å². The fourth-order valence-corrected chi connectivity index (χ4v) is 3.45. The van der Waals surface area contributed by atoms with Crippen LogP contribution < -0.4 is 4.74 Å². The van der Waals surface area contributed by atoms with Gasteiger partial charge in [0, 0.05) is 29.2 Å². The van der Waals surface area contributed by atoms with Crippen molar-refractivity contribution < 1.29 is 19.1 Å². The van der Waals surface area contributed by atoms with Crippen LogP contribution >= 0.6 is 11.6 Å². The summed E-state index contributed by atoms with van der Waals surface area (Å²) in [4.78, 5) is 26.4. The Labute approximate surface area is 170 Å². The topological polar surface area (TPSA) is 55.8 Å². The molecule has 1 heterocycles. The number of nitrogens with zero attached hydrogens (tertiary/aromatic N) is 1. The Morgan fingerprint density at radius 3 is 2.57 bits per heavy atom. The molecule has 0 saturated carbocycles. The molecule has 148 valence electrons. The van der Waals surface area contributed by atoms with Crippen molar-refractivity contribution in [1.29, 1.82) is 0 Å². The zero-order chi connectivity index (χ0) is 19.9. The molecule has 3 rings (SSSR count). The van der Waals surface area contributed by atoms with Crippen LogP contribution in [0.25, 0.3) is 0 Å². The molecule has 1 amide bonds. The molecule has 5 nitrogen and oxygen atoms in total. The molecule has 2 aromatic rings. The maximum absolute atomic E-state index is 12.8. The first kappa shape index (κ1) is 20.2. The highest BCUT2D eigenvalue weighted by molar-refractivity contribution is 6.31. The molecule has 6 heteroatoms. The molecule has 28 heavy (non-hydrogen) atoms. The molecule has 1 fully saturated rings. The van der Waals surface area contributed by atoms with Crippen molar-refractivity contribution in [2.24, 2.45) is 5.92 Å². The highest BCUT2D eigenvalue weighted by Gasteiger charge is 2.28. The summed E-state index contributed by atoms with van der Waals surface area (Å²) < 4.78 is 10.9. The Bertz CT molecular complexity index is 831. The second-order valence-corrected chi connectivity index (χ2v) is 7.13. The molecule has 1 saturated heterocycles. The molecular weight excluding hydrogens is 378 g/mol. The van der Waals surface area contributed by atoms with Crippen LogP contribution in [0, 0.1) is 5.92 Å².